The molecule has 5 heavy (non-hydrogen) atoms. The van der Waals surface area contributed by atoms with Crippen molar-refractivity contribution in [1.82, 2.24) is 0 Å². The molecule has 5 heteroatoms. The Hall–Kier alpha value is 2.69. The Morgan fingerprint density at radius 3 is 1.60 bits per heavy atom. The molecular formula is H5BiLiOTeZn. The van der Waals surface area contributed by atoms with Crippen LogP contribution < -0.4 is 0 Å². The van der Waals surface area contributed by atoms with Crippen LogP contribution in [-0.4, -0.2) is 64.5 Å². The molecule has 0 rings (SSSR count). The Balaban J connectivity index is -0.0000000200. The first kappa shape index (κ1) is 15.6. The Kier molecular flexibility index (Phi) is 49.8. The molecule has 0 aromatic rings. The minimum absolute atomic E-state index is 0. The molecule has 0 spiro atoms. The first-order valence-corrected chi connectivity index (χ1v) is 12.5. The van der Waals surface area contributed by atoms with Gasteiger partial charge in [0, 0.05) is 0 Å². The summed E-state index contributed by atoms with van der Waals surface area (Å²) in [6, 6.07) is 0. The molecule has 0 amide bonds. The summed E-state index contributed by atoms with van der Waals surface area (Å²) in [4.78, 5) is 0. The Morgan fingerprint density at radius 2 is 1.60 bits per heavy atom. The van der Waals surface area contributed by atoms with Gasteiger partial charge in [-0.25, -0.2) is 0 Å². The van der Waals surface area contributed by atoms with Crippen molar-refractivity contribution in [2.45, 2.75) is 0 Å². The van der Waals surface area contributed by atoms with Gasteiger partial charge in [0.15, 0.2) is 0 Å². The fraction of sp³-hybridized carbons (Fsp3) is 0. The van der Waals surface area contributed by atoms with Crippen molar-refractivity contribution in [1.29, 1.82) is 0 Å². The van der Waals surface area contributed by atoms with Gasteiger partial charge in [-0.3, -0.25) is 0 Å². The molecule has 0 fully saturated rings. The molecule has 0 unspecified atom stereocenters. The number of rotatable bonds is 0. The Labute approximate surface area is 80.2 Å². The quantitative estimate of drug-likeness (QED) is 0.386. The maximum absolute atomic E-state index is 9.14. The third-order valence-electron chi connectivity index (χ3n) is 0. The summed E-state index contributed by atoms with van der Waals surface area (Å²) in [7, 11) is 0. The van der Waals surface area contributed by atoms with Gasteiger partial charge in [-0.1, -0.05) is 0 Å². The molecule has 0 aliphatic rings. The van der Waals surface area contributed by atoms with Crippen molar-refractivity contribution >= 4 is 64.5 Å². The molecule has 0 bridgehead atoms. The summed E-state index contributed by atoms with van der Waals surface area (Å²) in [6.07, 6.45) is 0. The van der Waals surface area contributed by atoms with E-state index in [1.165, 1.54) is 19.5 Å². The van der Waals surface area contributed by atoms with Crippen molar-refractivity contribution < 1.29 is 17.2 Å². The van der Waals surface area contributed by atoms with Crippen molar-refractivity contribution in [3.63, 3.8) is 0 Å². The predicted octanol–water partition coefficient (Wildman–Crippen LogP) is -2.60. The van der Waals surface area contributed by atoms with Gasteiger partial charge in [-0.05, 0) is 0 Å². The second kappa shape index (κ2) is 15.9. The summed E-state index contributed by atoms with van der Waals surface area (Å²) in [5, 5.41) is 0. The monoisotopic (exact) mass is 431 g/mol. The van der Waals surface area contributed by atoms with E-state index in [4.69, 9.17) is 3.57 Å². The van der Waals surface area contributed by atoms with E-state index in [2.05, 4.69) is 0 Å². The zero-order valence-electron chi connectivity index (χ0n) is 2.27. The summed E-state index contributed by atoms with van der Waals surface area (Å²) >= 11 is 0.410. The fourth-order valence-electron chi connectivity index (χ4n) is 0. The molecule has 0 aliphatic heterocycles. The molecule has 0 aromatic carbocycles. The molecule has 0 radical (unpaired) electrons. The molecule has 0 N–H and O–H groups in total. The average molecular weight is 430 g/mol. The summed E-state index contributed by atoms with van der Waals surface area (Å²) < 4.78 is 9.14. The van der Waals surface area contributed by atoms with Crippen LogP contribution in [-0.2, 0) is 17.2 Å². The van der Waals surface area contributed by atoms with Gasteiger partial charge in [-0.2, -0.15) is 0 Å². The molecule has 0 saturated heterocycles. The third kappa shape index (κ3) is 20.3. The third-order valence-corrected chi connectivity index (χ3v) is 0. The molecule has 0 saturated carbocycles. The van der Waals surface area contributed by atoms with E-state index in [0.717, 1.165) is 0 Å². The molecular weight excluding hydrogens is 425 g/mol. The Morgan fingerprint density at radius 1 is 1.60 bits per heavy atom. The first-order chi connectivity index (χ1) is 1.41. The van der Waals surface area contributed by atoms with Crippen molar-refractivity contribution in [3.8, 4) is 0 Å². The van der Waals surface area contributed by atoms with Gasteiger partial charge < -0.3 is 0 Å². The van der Waals surface area contributed by atoms with Crippen LogP contribution in [0, 0.1) is 0 Å². The van der Waals surface area contributed by atoms with Gasteiger partial charge in [-0.15, -0.1) is 0 Å². The van der Waals surface area contributed by atoms with Crippen molar-refractivity contribution in [3.05, 3.63) is 0 Å². The summed E-state index contributed by atoms with van der Waals surface area (Å²) in [5.74, 6) is 0. The van der Waals surface area contributed by atoms with Crippen LogP contribution in [0.15, 0.2) is 0 Å². The summed E-state index contributed by atoms with van der Waals surface area (Å²) in [6.45, 7) is 0. The zero-order chi connectivity index (χ0) is 2.71. The molecule has 0 aliphatic carbocycles. The van der Waals surface area contributed by atoms with Crippen LogP contribution in [0.5, 0.6) is 0 Å². The predicted molar refractivity (Wildman–Crippen MR) is 24.9 cm³/mol. The van der Waals surface area contributed by atoms with E-state index >= 15 is 0 Å². The van der Waals surface area contributed by atoms with Crippen LogP contribution in [0.4, 0.5) is 0 Å². The van der Waals surface area contributed by atoms with Crippen LogP contribution in [0.2, 0.25) is 0 Å². The zero-order valence-corrected chi connectivity index (χ0v) is 13.3. The van der Waals surface area contributed by atoms with E-state index < -0.39 is 13.6 Å². The van der Waals surface area contributed by atoms with Gasteiger partial charge >= 0.3 is 81.7 Å². The molecule has 0 heterocycles. The van der Waals surface area contributed by atoms with E-state index in [-0.39, 0.29) is 45.1 Å². The second-order valence-corrected chi connectivity index (χ2v) is 4.50. The normalized spacial score (nSPS) is 1.80. The molecule has 0 atom stereocenters. The van der Waals surface area contributed by atoms with Gasteiger partial charge in [0.1, 0.15) is 0 Å². The topological polar surface area (TPSA) is 17.1 Å². The molecule has 0 aromatic heterocycles. The maximum atomic E-state index is 9.14. The first-order valence-electron chi connectivity index (χ1n) is 0.605. The van der Waals surface area contributed by atoms with Crippen LogP contribution in [0.3, 0.4) is 0 Å². The van der Waals surface area contributed by atoms with Gasteiger partial charge in [0.25, 0.3) is 0 Å². The average Bonchev–Trinajstić information content (AvgIpc) is 0.918. The Bertz CT molecular complexity index is 19.1. The second-order valence-electron chi connectivity index (χ2n) is 0.129. The SMILES string of the molecule is [BiH3].[LiH].[O]=[Zn][TeH]. The standard InChI is InChI=1S/Bi.Li.O.H2Te.Zn.4H/h;;;1H2;;;;;/q;;;;+1;;;;/p-1. The number of hydrogen-bond acceptors (Lipinski definition) is 1. The minimum atomic E-state index is -1.08. The van der Waals surface area contributed by atoms with E-state index in [1.807, 2.05) is 0 Å². The van der Waals surface area contributed by atoms with E-state index in [9.17, 15) is 0 Å². The van der Waals surface area contributed by atoms with Gasteiger partial charge in [0.05, 0.1) is 0 Å². The molecule has 25 valence electrons. The fourth-order valence-corrected chi connectivity index (χ4v) is 0. The van der Waals surface area contributed by atoms with Gasteiger partial charge in [0.2, 0.25) is 0 Å². The van der Waals surface area contributed by atoms with Crippen LogP contribution >= 0.6 is 0 Å². The van der Waals surface area contributed by atoms with Crippen molar-refractivity contribution in [2.24, 2.45) is 0 Å². The molecule has 1 nitrogen and oxygen atoms in total. The van der Waals surface area contributed by atoms with Crippen LogP contribution in [0.1, 0.15) is 0 Å². The van der Waals surface area contributed by atoms with E-state index in [1.54, 1.807) is 0 Å². The van der Waals surface area contributed by atoms with E-state index in [0.29, 0.717) is 0 Å². The van der Waals surface area contributed by atoms with Crippen molar-refractivity contribution in [2.75, 3.05) is 0 Å². The number of hydrogen-bond donors (Lipinski definition) is 0. The van der Waals surface area contributed by atoms with Crippen LogP contribution in [0.25, 0.3) is 0 Å². The summed E-state index contributed by atoms with van der Waals surface area (Å²) in [5.41, 5.74) is 0.